The second-order valence-corrected chi connectivity index (χ2v) is 16.4. The van der Waals surface area contributed by atoms with Crippen molar-refractivity contribution in [3.05, 3.63) is 23.8 Å². The summed E-state index contributed by atoms with van der Waals surface area (Å²) in [5.41, 5.74) is 0.929. The lowest BCUT2D eigenvalue weighted by atomic mass is 10.0. The molecule has 0 amide bonds. The van der Waals surface area contributed by atoms with E-state index in [1.807, 2.05) is 18.2 Å². The maximum Gasteiger partial charge on any atom is 0.306 e. The smallest absolute Gasteiger partial charge is 0.306 e. The molecule has 0 aliphatic carbocycles. The maximum absolute atomic E-state index is 12.1. The number of hydrogen-bond acceptors (Lipinski definition) is 4. The van der Waals surface area contributed by atoms with Crippen molar-refractivity contribution in [3.8, 4) is 11.5 Å². The highest BCUT2D eigenvalue weighted by Crippen LogP contribution is 2.25. The van der Waals surface area contributed by atoms with Gasteiger partial charge in [-0.1, -0.05) is 222 Å². The van der Waals surface area contributed by atoms with Crippen LogP contribution in [0.25, 0.3) is 0 Å². The Hall–Kier alpha value is -1.23. The minimum atomic E-state index is -0.158. The molecule has 0 radical (unpaired) electrons. The normalized spacial score (nSPS) is 11.3. The van der Waals surface area contributed by atoms with Crippen molar-refractivity contribution in [3.63, 3.8) is 0 Å². The molecule has 1 aromatic rings. The lowest BCUT2D eigenvalue weighted by molar-refractivity contribution is -0.144. The first kappa shape index (κ1) is 48.8. The highest BCUT2D eigenvalue weighted by molar-refractivity contribution is 9.09. The number of esters is 1. The number of carbonyl (C=O) groups excluding carboxylic acids is 1. The quantitative estimate of drug-likeness (QED) is 0.0376. The van der Waals surface area contributed by atoms with Gasteiger partial charge < -0.3 is 14.2 Å². The fraction of sp³-hybridized carbons (Fsp3) is 0.851. The molecule has 5 heteroatoms. The summed E-state index contributed by atoms with van der Waals surface area (Å²) in [5, 5.41) is 0.808. The van der Waals surface area contributed by atoms with E-state index in [0.29, 0.717) is 19.6 Å². The molecule has 0 unspecified atom stereocenters. The van der Waals surface area contributed by atoms with Gasteiger partial charge in [0, 0.05) is 17.8 Å². The van der Waals surface area contributed by atoms with E-state index < -0.39 is 0 Å². The molecule has 4 nitrogen and oxygen atoms in total. The van der Waals surface area contributed by atoms with E-state index in [0.717, 1.165) is 41.7 Å². The monoisotopic (exact) mass is 793 g/mol. The molecular weight excluding hydrogens is 708 g/mol. The first-order chi connectivity index (χ1) is 25.7. The van der Waals surface area contributed by atoms with Crippen LogP contribution >= 0.6 is 15.9 Å². The predicted octanol–water partition coefficient (Wildman–Crippen LogP) is 16.2. The van der Waals surface area contributed by atoms with Gasteiger partial charge in [-0.2, -0.15) is 0 Å². The van der Waals surface area contributed by atoms with Crippen LogP contribution in [0.2, 0.25) is 0 Å². The van der Waals surface area contributed by atoms with E-state index in [1.54, 1.807) is 0 Å². The Balaban J connectivity index is 2.19. The molecule has 0 spiro atoms. The van der Waals surface area contributed by atoms with Crippen molar-refractivity contribution >= 4 is 21.9 Å². The summed E-state index contributed by atoms with van der Waals surface area (Å²) >= 11 is 3.39. The molecule has 0 saturated carbocycles. The molecule has 1 aromatic carbocycles. The van der Waals surface area contributed by atoms with Crippen LogP contribution in [-0.2, 0) is 16.1 Å². The average molecular weight is 794 g/mol. The standard InChI is InChI=1S/C47H85BrO4/c1-3-5-7-9-11-13-15-17-19-21-23-25-27-29-31-33-38-50-45-40-44(43-52-47(49)36-35-37-48)41-46(42-45)51-39-34-32-30-28-26-24-22-20-18-16-14-12-10-8-6-4-2/h40-42H,3-39,43H2,1-2H3. The number of carbonyl (C=O) groups is 1. The fourth-order valence-corrected chi connectivity index (χ4v) is 7.29. The minimum Gasteiger partial charge on any atom is -0.493 e. The van der Waals surface area contributed by atoms with Gasteiger partial charge >= 0.3 is 5.97 Å². The molecule has 0 heterocycles. The molecule has 0 aliphatic rings. The third-order valence-corrected chi connectivity index (χ3v) is 10.9. The highest BCUT2D eigenvalue weighted by atomic mass is 79.9. The zero-order valence-electron chi connectivity index (χ0n) is 34.6. The number of ether oxygens (including phenoxy) is 3. The van der Waals surface area contributed by atoms with Gasteiger partial charge in [0.15, 0.2) is 0 Å². The number of benzene rings is 1. The van der Waals surface area contributed by atoms with Gasteiger partial charge in [0.1, 0.15) is 18.1 Å². The molecule has 304 valence electrons. The van der Waals surface area contributed by atoms with Crippen LogP contribution in [0.3, 0.4) is 0 Å². The van der Waals surface area contributed by atoms with Crippen molar-refractivity contribution in [2.24, 2.45) is 0 Å². The lowest BCUT2D eigenvalue weighted by Gasteiger charge is -2.13. The average Bonchev–Trinajstić information content (AvgIpc) is 3.15. The molecule has 0 fully saturated rings. The summed E-state index contributed by atoms with van der Waals surface area (Å²) in [6.45, 7) is 6.27. The maximum atomic E-state index is 12.1. The third-order valence-electron chi connectivity index (χ3n) is 10.4. The topological polar surface area (TPSA) is 44.8 Å². The van der Waals surface area contributed by atoms with Crippen LogP contribution in [-0.4, -0.2) is 24.5 Å². The Morgan fingerprint density at radius 1 is 0.442 bits per heavy atom. The second kappa shape index (κ2) is 39.5. The number of alkyl halides is 1. The molecule has 0 N–H and O–H groups in total. The Kier molecular flexibility index (Phi) is 37.0. The molecule has 0 atom stereocenters. The lowest BCUT2D eigenvalue weighted by Crippen LogP contribution is -2.06. The van der Waals surface area contributed by atoms with Crippen LogP contribution in [0, 0.1) is 0 Å². The largest absolute Gasteiger partial charge is 0.493 e. The molecule has 1 rings (SSSR count). The third kappa shape index (κ3) is 33.3. The first-order valence-electron chi connectivity index (χ1n) is 22.8. The van der Waals surface area contributed by atoms with E-state index in [-0.39, 0.29) is 12.6 Å². The van der Waals surface area contributed by atoms with Crippen LogP contribution in [0.5, 0.6) is 11.5 Å². The highest BCUT2D eigenvalue weighted by Gasteiger charge is 2.08. The zero-order chi connectivity index (χ0) is 37.4. The van der Waals surface area contributed by atoms with Gasteiger partial charge in [0.05, 0.1) is 13.2 Å². The summed E-state index contributed by atoms with van der Waals surface area (Å²) in [6, 6.07) is 6.02. The molecule has 0 aromatic heterocycles. The summed E-state index contributed by atoms with van der Waals surface area (Å²) in [7, 11) is 0. The number of unbranched alkanes of at least 4 members (excludes halogenated alkanes) is 30. The van der Waals surface area contributed by atoms with Gasteiger partial charge in [-0.05, 0) is 37.0 Å². The van der Waals surface area contributed by atoms with Crippen molar-refractivity contribution in [2.75, 3.05) is 18.5 Å². The molecule has 52 heavy (non-hydrogen) atoms. The second-order valence-electron chi connectivity index (χ2n) is 15.6. The number of hydrogen-bond donors (Lipinski definition) is 0. The van der Waals surface area contributed by atoms with E-state index in [4.69, 9.17) is 14.2 Å². The molecule has 0 aliphatic heterocycles. The molecule has 0 bridgehead atoms. The summed E-state index contributed by atoms with van der Waals surface area (Å²) in [4.78, 5) is 12.1. The zero-order valence-corrected chi connectivity index (χ0v) is 36.2. The van der Waals surface area contributed by atoms with Crippen LogP contribution in [0.1, 0.15) is 238 Å². The summed E-state index contributed by atoms with van der Waals surface area (Å²) in [6.07, 6.45) is 45.0. The van der Waals surface area contributed by atoms with Crippen molar-refractivity contribution in [1.29, 1.82) is 0 Å². The summed E-state index contributed by atoms with van der Waals surface area (Å²) < 4.78 is 17.9. The molecule has 0 saturated heterocycles. The van der Waals surface area contributed by atoms with Gasteiger partial charge in [0.2, 0.25) is 0 Å². The van der Waals surface area contributed by atoms with Crippen LogP contribution in [0.15, 0.2) is 18.2 Å². The van der Waals surface area contributed by atoms with E-state index in [1.165, 1.54) is 193 Å². The first-order valence-corrected chi connectivity index (χ1v) is 23.9. The Morgan fingerprint density at radius 3 is 1.06 bits per heavy atom. The van der Waals surface area contributed by atoms with E-state index >= 15 is 0 Å². The Morgan fingerprint density at radius 2 is 0.750 bits per heavy atom. The van der Waals surface area contributed by atoms with Gasteiger partial charge in [-0.3, -0.25) is 4.79 Å². The van der Waals surface area contributed by atoms with Crippen molar-refractivity contribution in [1.82, 2.24) is 0 Å². The van der Waals surface area contributed by atoms with E-state index in [9.17, 15) is 4.79 Å². The fourth-order valence-electron chi connectivity index (χ4n) is 7.01. The number of halogens is 1. The van der Waals surface area contributed by atoms with Crippen LogP contribution in [0.4, 0.5) is 0 Å². The Labute approximate surface area is 332 Å². The van der Waals surface area contributed by atoms with Gasteiger partial charge in [-0.15, -0.1) is 0 Å². The predicted molar refractivity (Wildman–Crippen MR) is 229 cm³/mol. The summed E-state index contributed by atoms with van der Waals surface area (Å²) in [5.74, 6) is 1.48. The van der Waals surface area contributed by atoms with E-state index in [2.05, 4.69) is 29.8 Å². The molecular formula is C47H85BrO4. The van der Waals surface area contributed by atoms with Crippen molar-refractivity contribution in [2.45, 2.75) is 239 Å². The van der Waals surface area contributed by atoms with Crippen LogP contribution < -0.4 is 9.47 Å². The number of rotatable bonds is 41. The van der Waals surface area contributed by atoms with Gasteiger partial charge in [-0.25, -0.2) is 0 Å². The van der Waals surface area contributed by atoms with Crippen molar-refractivity contribution < 1.29 is 19.0 Å². The minimum absolute atomic E-state index is 0.158. The Bertz CT molecular complexity index is 834. The SMILES string of the molecule is CCCCCCCCCCCCCCCCCCOc1cc(COC(=O)CCCBr)cc(OCCCCCCCCCCCCCCCCCC)c1. The van der Waals surface area contributed by atoms with Gasteiger partial charge in [0.25, 0.3) is 0 Å².